The van der Waals surface area contributed by atoms with Crippen LogP contribution in [0.2, 0.25) is 0 Å². The maximum atomic E-state index is 12.8. The number of hydrogen-bond acceptors (Lipinski definition) is 4. The predicted molar refractivity (Wildman–Crippen MR) is 89.7 cm³/mol. The Labute approximate surface area is 153 Å². The Morgan fingerprint density at radius 3 is 2.22 bits per heavy atom. The summed E-state index contributed by atoms with van der Waals surface area (Å²) in [5.74, 6) is -2.35. The molecule has 2 rings (SSSR count). The summed E-state index contributed by atoms with van der Waals surface area (Å²) >= 11 is 0. The zero-order chi connectivity index (χ0) is 20.1. The summed E-state index contributed by atoms with van der Waals surface area (Å²) in [6, 6.07) is 12.9. The van der Waals surface area contributed by atoms with E-state index < -0.39 is 39.5 Å². The van der Waals surface area contributed by atoms with Crippen molar-refractivity contribution in [1.82, 2.24) is 4.31 Å². The second-order valence-electron chi connectivity index (χ2n) is 5.46. The molecule has 27 heavy (non-hydrogen) atoms. The van der Waals surface area contributed by atoms with Crippen molar-refractivity contribution >= 4 is 16.0 Å². The smallest absolute Gasteiger partial charge is 0.480 e. The molecule has 2 aromatic rings. The van der Waals surface area contributed by atoms with Crippen molar-refractivity contribution in [1.29, 1.82) is 0 Å². The zero-order valence-electron chi connectivity index (χ0n) is 13.9. The number of halogens is 3. The van der Waals surface area contributed by atoms with Crippen molar-refractivity contribution in [3.63, 3.8) is 0 Å². The van der Waals surface area contributed by atoms with Crippen molar-refractivity contribution in [2.24, 2.45) is 0 Å². The molecule has 0 heterocycles. The molecule has 0 atom stereocenters. The van der Waals surface area contributed by atoms with Crippen LogP contribution >= 0.6 is 0 Å². The van der Waals surface area contributed by atoms with Gasteiger partial charge in [-0.3, -0.25) is 4.79 Å². The lowest BCUT2D eigenvalue weighted by atomic mass is 10.1. The third-order valence-electron chi connectivity index (χ3n) is 3.50. The summed E-state index contributed by atoms with van der Waals surface area (Å²) in [6.45, 7) is -1.12. The van der Waals surface area contributed by atoms with Gasteiger partial charge in [-0.2, -0.15) is 4.31 Å². The molecule has 0 radical (unpaired) electrons. The Hall–Kier alpha value is -2.59. The molecule has 0 spiro atoms. The third-order valence-corrected chi connectivity index (χ3v) is 5.38. The van der Waals surface area contributed by atoms with Crippen LogP contribution in [0.4, 0.5) is 13.2 Å². The maximum Gasteiger partial charge on any atom is 0.573 e. The van der Waals surface area contributed by atoms with Crippen LogP contribution in [-0.2, 0) is 21.2 Å². The first-order valence-electron chi connectivity index (χ1n) is 7.70. The first-order chi connectivity index (χ1) is 12.6. The molecule has 0 aliphatic carbocycles. The average Bonchev–Trinajstić information content (AvgIpc) is 2.58. The quantitative estimate of drug-likeness (QED) is 0.733. The fourth-order valence-corrected chi connectivity index (χ4v) is 3.85. The van der Waals surface area contributed by atoms with Gasteiger partial charge in [-0.05, 0) is 24.1 Å². The number of nitrogens with zero attached hydrogens (tertiary/aromatic N) is 1. The number of aliphatic carboxylic acids is 1. The van der Waals surface area contributed by atoms with Gasteiger partial charge >= 0.3 is 12.3 Å². The molecule has 0 fully saturated rings. The van der Waals surface area contributed by atoms with E-state index in [-0.39, 0.29) is 13.0 Å². The van der Waals surface area contributed by atoms with Gasteiger partial charge in [0.05, 0.1) is 0 Å². The second-order valence-corrected chi connectivity index (χ2v) is 7.37. The fraction of sp³-hybridized carbons (Fsp3) is 0.235. The number of alkyl halides is 3. The van der Waals surface area contributed by atoms with E-state index in [0.717, 1.165) is 17.7 Å². The highest BCUT2D eigenvalue weighted by molar-refractivity contribution is 7.89. The lowest BCUT2D eigenvalue weighted by Crippen LogP contribution is -2.37. The van der Waals surface area contributed by atoms with E-state index in [1.807, 2.05) is 0 Å². The number of carbonyl (C=O) groups is 1. The first-order valence-corrected chi connectivity index (χ1v) is 9.14. The number of hydrogen-bond donors (Lipinski definition) is 1. The molecule has 10 heteroatoms. The van der Waals surface area contributed by atoms with Crippen LogP contribution in [0.3, 0.4) is 0 Å². The number of ether oxygens (including phenoxy) is 1. The molecular formula is C17H16F3NO5S. The highest BCUT2D eigenvalue weighted by atomic mass is 32.2. The maximum absolute atomic E-state index is 12.8. The van der Waals surface area contributed by atoms with Gasteiger partial charge in [-0.15, -0.1) is 13.2 Å². The predicted octanol–water partition coefficient (Wildman–Crippen LogP) is 2.90. The van der Waals surface area contributed by atoms with Crippen LogP contribution in [0, 0.1) is 0 Å². The Balaban J connectivity index is 2.35. The second kappa shape index (κ2) is 8.40. The Morgan fingerprint density at radius 1 is 1.04 bits per heavy atom. The molecule has 1 N–H and O–H groups in total. The Kier molecular flexibility index (Phi) is 6.45. The number of carboxylic acids is 1. The van der Waals surface area contributed by atoms with Crippen molar-refractivity contribution in [2.45, 2.75) is 17.7 Å². The number of carboxylic acid groups (broad SMARTS) is 1. The van der Waals surface area contributed by atoms with Crippen molar-refractivity contribution in [2.75, 3.05) is 13.1 Å². The molecule has 2 aromatic carbocycles. The van der Waals surface area contributed by atoms with E-state index in [2.05, 4.69) is 4.74 Å². The van der Waals surface area contributed by atoms with Gasteiger partial charge in [0.25, 0.3) is 0 Å². The van der Waals surface area contributed by atoms with E-state index in [4.69, 9.17) is 5.11 Å². The summed E-state index contributed by atoms with van der Waals surface area (Å²) in [5.41, 5.74) is 0.753. The molecule has 0 amide bonds. The monoisotopic (exact) mass is 403 g/mol. The Morgan fingerprint density at radius 2 is 1.63 bits per heavy atom. The van der Waals surface area contributed by atoms with Crippen LogP contribution in [0.25, 0.3) is 0 Å². The van der Waals surface area contributed by atoms with Crippen LogP contribution < -0.4 is 4.74 Å². The first kappa shape index (κ1) is 20.7. The molecular weight excluding hydrogens is 387 g/mol. The molecule has 0 saturated carbocycles. The van der Waals surface area contributed by atoms with Gasteiger partial charge in [0, 0.05) is 6.54 Å². The minimum atomic E-state index is -5.09. The topological polar surface area (TPSA) is 83.9 Å². The van der Waals surface area contributed by atoms with Crippen LogP contribution in [-0.4, -0.2) is 43.3 Å². The number of benzene rings is 2. The van der Waals surface area contributed by atoms with Crippen molar-refractivity contribution < 1.29 is 36.2 Å². The summed E-state index contributed by atoms with van der Waals surface area (Å²) in [5, 5.41) is 9.03. The highest BCUT2D eigenvalue weighted by Gasteiger charge is 2.36. The standard InChI is InChI=1S/C17H16F3NO5S/c18-17(19,20)26-14-8-4-5-9-15(14)27(24,25)21(12-16(22)23)11-10-13-6-2-1-3-7-13/h1-9H,10-12H2,(H,22,23). The molecule has 6 nitrogen and oxygen atoms in total. The SMILES string of the molecule is O=C(O)CN(CCc1ccccc1)S(=O)(=O)c1ccccc1OC(F)(F)F. The molecule has 146 valence electrons. The van der Waals surface area contributed by atoms with Gasteiger partial charge in [0.15, 0.2) is 0 Å². The van der Waals surface area contributed by atoms with E-state index in [9.17, 15) is 26.4 Å². The van der Waals surface area contributed by atoms with E-state index in [1.165, 1.54) is 12.1 Å². The van der Waals surface area contributed by atoms with Gasteiger partial charge < -0.3 is 9.84 Å². The minimum Gasteiger partial charge on any atom is -0.480 e. The lowest BCUT2D eigenvalue weighted by molar-refractivity contribution is -0.275. The van der Waals surface area contributed by atoms with Gasteiger partial charge in [-0.25, -0.2) is 8.42 Å². The van der Waals surface area contributed by atoms with Crippen LogP contribution in [0.1, 0.15) is 5.56 Å². The largest absolute Gasteiger partial charge is 0.573 e. The molecule has 0 saturated heterocycles. The van der Waals surface area contributed by atoms with Crippen LogP contribution in [0.5, 0.6) is 5.75 Å². The highest BCUT2D eigenvalue weighted by Crippen LogP contribution is 2.31. The van der Waals surface area contributed by atoms with Crippen LogP contribution in [0.15, 0.2) is 59.5 Å². The normalized spacial score (nSPS) is 12.1. The van der Waals surface area contributed by atoms with E-state index >= 15 is 0 Å². The Bertz CT molecular complexity index is 885. The lowest BCUT2D eigenvalue weighted by Gasteiger charge is -2.22. The molecule has 0 aromatic heterocycles. The summed E-state index contributed by atoms with van der Waals surface area (Å²) in [4.78, 5) is 10.3. The molecule has 0 bridgehead atoms. The van der Waals surface area contributed by atoms with Crippen molar-refractivity contribution in [3.8, 4) is 5.75 Å². The number of rotatable bonds is 8. The van der Waals surface area contributed by atoms with Gasteiger partial charge in [0.1, 0.15) is 17.2 Å². The minimum absolute atomic E-state index is 0.190. The molecule has 0 aliphatic heterocycles. The van der Waals surface area contributed by atoms with E-state index in [0.29, 0.717) is 4.31 Å². The third kappa shape index (κ3) is 5.97. The molecule has 0 unspecified atom stereocenters. The fourth-order valence-electron chi connectivity index (χ4n) is 2.34. The van der Waals surface area contributed by atoms with Gasteiger partial charge in [0.2, 0.25) is 10.0 Å². The van der Waals surface area contributed by atoms with Crippen molar-refractivity contribution in [3.05, 3.63) is 60.2 Å². The summed E-state index contributed by atoms with van der Waals surface area (Å²) in [7, 11) is -4.54. The number of para-hydroxylation sites is 1. The zero-order valence-corrected chi connectivity index (χ0v) is 14.7. The average molecular weight is 403 g/mol. The summed E-state index contributed by atoms with van der Waals surface area (Å²) < 4.78 is 67.7. The summed E-state index contributed by atoms with van der Waals surface area (Å²) in [6.07, 6.45) is -4.90. The molecule has 0 aliphatic rings. The van der Waals surface area contributed by atoms with E-state index in [1.54, 1.807) is 30.3 Å². The number of sulfonamides is 1. The van der Waals surface area contributed by atoms with Gasteiger partial charge in [-0.1, -0.05) is 42.5 Å².